The number of likely N-dealkylation sites (N-methyl/N-ethyl adjacent to an activating group) is 1. The summed E-state index contributed by atoms with van der Waals surface area (Å²) in [5.41, 5.74) is 2.16. The summed E-state index contributed by atoms with van der Waals surface area (Å²) in [7, 11) is 3.47. The maximum atomic E-state index is 11.8. The Morgan fingerprint density at radius 2 is 2.15 bits per heavy atom. The van der Waals surface area contributed by atoms with Crippen molar-refractivity contribution in [3.63, 3.8) is 0 Å². The molecule has 0 radical (unpaired) electrons. The van der Waals surface area contributed by atoms with E-state index in [1.165, 1.54) is 0 Å². The Balaban J connectivity index is 0.00000364. The highest BCUT2D eigenvalue weighted by Gasteiger charge is 2.18. The lowest BCUT2D eigenvalue weighted by Crippen LogP contribution is -2.42. The van der Waals surface area contributed by atoms with Crippen LogP contribution in [0.3, 0.4) is 0 Å². The number of amides is 1. The molecule has 2 rings (SSSR count). The summed E-state index contributed by atoms with van der Waals surface area (Å²) in [6.07, 6.45) is 1.01. The van der Waals surface area contributed by atoms with Crippen LogP contribution in [0.2, 0.25) is 0 Å². The first-order valence-corrected chi connectivity index (χ1v) is 9.06. The normalized spacial score (nSPS) is 16.4. The van der Waals surface area contributed by atoms with Crippen LogP contribution in [0.4, 0.5) is 0 Å². The van der Waals surface area contributed by atoms with Crippen molar-refractivity contribution < 1.29 is 14.3 Å². The van der Waals surface area contributed by atoms with E-state index in [1.807, 2.05) is 26.0 Å². The average molecular weight is 490 g/mol. The van der Waals surface area contributed by atoms with E-state index in [1.54, 1.807) is 19.0 Å². The van der Waals surface area contributed by atoms with E-state index in [0.717, 1.165) is 36.4 Å². The summed E-state index contributed by atoms with van der Waals surface area (Å²) in [5, 5.41) is 6.22. The first-order chi connectivity index (χ1) is 12.5. The van der Waals surface area contributed by atoms with E-state index in [4.69, 9.17) is 9.47 Å². The zero-order valence-electron chi connectivity index (χ0n) is 16.6. The van der Waals surface area contributed by atoms with Gasteiger partial charge in [0.15, 0.2) is 5.96 Å². The number of guanidine groups is 1. The molecule has 1 unspecified atom stereocenters. The fourth-order valence-electron chi connectivity index (χ4n) is 2.51. The van der Waals surface area contributed by atoms with Crippen molar-refractivity contribution in [1.29, 1.82) is 0 Å². The van der Waals surface area contributed by atoms with Gasteiger partial charge in [0.2, 0.25) is 5.91 Å². The van der Waals surface area contributed by atoms with Gasteiger partial charge in [-0.15, -0.1) is 24.0 Å². The van der Waals surface area contributed by atoms with Gasteiger partial charge in [-0.1, -0.05) is 12.1 Å². The number of aryl methyl sites for hydroxylation is 1. The van der Waals surface area contributed by atoms with Gasteiger partial charge in [-0.05, 0) is 25.5 Å². The standard InChI is InChI=1S/C19H30N4O3.HI/c1-5-20-19(22-12-18(24)23(3)4)21-11-15-7-6-14(2)10-17(15)26-16-8-9-25-13-16;/h6-7,10,16H,5,8-9,11-13H2,1-4H3,(H2,20,21,22);1H. The van der Waals surface area contributed by atoms with Gasteiger partial charge in [0.25, 0.3) is 0 Å². The fraction of sp³-hybridized carbons (Fsp3) is 0.579. The summed E-state index contributed by atoms with van der Waals surface area (Å²) in [6.45, 7) is 6.81. The third-order valence-electron chi connectivity index (χ3n) is 4.06. The SMILES string of the molecule is CCNC(=NCc1ccc(C)cc1OC1CCOC1)NCC(=O)N(C)C.I. The zero-order chi connectivity index (χ0) is 18.9. The third-order valence-corrected chi connectivity index (χ3v) is 4.06. The number of halogens is 1. The molecular formula is C19H31IN4O3. The fourth-order valence-corrected chi connectivity index (χ4v) is 2.51. The molecule has 2 N–H and O–H groups in total. The molecule has 1 aromatic carbocycles. The number of nitrogens with zero attached hydrogens (tertiary/aromatic N) is 2. The molecular weight excluding hydrogens is 459 g/mol. The largest absolute Gasteiger partial charge is 0.488 e. The second kappa shape index (κ2) is 12.0. The van der Waals surface area contributed by atoms with Gasteiger partial charge in [-0.25, -0.2) is 4.99 Å². The van der Waals surface area contributed by atoms with E-state index < -0.39 is 0 Å². The van der Waals surface area contributed by atoms with E-state index >= 15 is 0 Å². The molecule has 152 valence electrons. The second-order valence-corrected chi connectivity index (χ2v) is 6.55. The van der Waals surface area contributed by atoms with Crippen LogP contribution < -0.4 is 15.4 Å². The number of hydrogen-bond donors (Lipinski definition) is 2. The van der Waals surface area contributed by atoms with Crippen LogP contribution in [-0.2, 0) is 16.1 Å². The first kappa shape index (κ1) is 23.5. The van der Waals surface area contributed by atoms with Crippen molar-refractivity contribution in [3.8, 4) is 5.75 Å². The predicted octanol–water partition coefficient (Wildman–Crippen LogP) is 1.92. The number of carbonyl (C=O) groups is 1. The van der Waals surface area contributed by atoms with Crippen LogP contribution in [0.15, 0.2) is 23.2 Å². The lowest BCUT2D eigenvalue weighted by Gasteiger charge is -2.17. The number of benzene rings is 1. The molecule has 1 aliphatic heterocycles. The quantitative estimate of drug-likeness (QED) is 0.347. The Hall–Kier alpha value is -1.55. The van der Waals surface area contributed by atoms with Gasteiger partial charge < -0.3 is 25.0 Å². The number of nitrogens with one attached hydrogen (secondary N) is 2. The summed E-state index contributed by atoms with van der Waals surface area (Å²) in [6, 6.07) is 6.14. The lowest BCUT2D eigenvalue weighted by atomic mass is 10.1. The first-order valence-electron chi connectivity index (χ1n) is 9.06. The Morgan fingerprint density at radius 3 is 2.78 bits per heavy atom. The summed E-state index contributed by atoms with van der Waals surface area (Å²) in [4.78, 5) is 17.9. The highest BCUT2D eigenvalue weighted by atomic mass is 127. The van der Waals surface area contributed by atoms with Gasteiger partial charge in [-0.2, -0.15) is 0 Å². The number of rotatable bonds is 7. The van der Waals surface area contributed by atoms with Crippen LogP contribution in [0.25, 0.3) is 0 Å². The molecule has 0 bridgehead atoms. The summed E-state index contributed by atoms with van der Waals surface area (Å²) < 4.78 is 11.5. The Kier molecular flexibility index (Phi) is 10.5. The monoisotopic (exact) mass is 490 g/mol. The molecule has 1 aliphatic rings. The van der Waals surface area contributed by atoms with Crippen LogP contribution in [0.1, 0.15) is 24.5 Å². The van der Waals surface area contributed by atoms with Crippen molar-refractivity contribution in [3.05, 3.63) is 29.3 Å². The third kappa shape index (κ3) is 7.92. The molecule has 1 atom stereocenters. The summed E-state index contributed by atoms with van der Waals surface area (Å²) in [5.74, 6) is 1.46. The lowest BCUT2D eigenvalue weighted by molar-refractivity contribution is -0.127. The minimum atomic E-state index is -0.00352. The average Bonchev–Trinajstić information content (AvgIpc) is 3.11. The second-order valence-electron chi connectivity index (χ2n) is 6.55. The van der Waals surface area contributed by atoms with E-state index in [9.17, 15) is 4.79 Å². The van der Waals surface area contributed by atoms with Crippen molar-refractivity contribution in [2.75, 3.05) is 40.4 Å². The highest BCUT2D eigenvalue weighted by Crippen LogP contribution is 2.24. The van der Waals surface area contributed by atoms with E-state index in [-0.39, 0.29) is 42.5 Å². The van der Waals surface area contributed by atoms with Gasteiger partial charge >= 0.3 is 0 Å². The van der Waals surface area contributed by atoms with Crippen molar-refractivity contribution in [2.24, 2.45) is 4.99 Å². The molecule has 0 saturated carbocycles. The maximum absolute atomic E-state index is 11.8. The molecule has 1 heterocycles. The van der Waals surface area contributed by atoms with Crippen molar-refractivity contribution in [1.82, 2.24) is 15.5 Å². The minimum absolute atomic E-state index is 0. The predicted molar refractivity (Wildman–Crippen MR) is 118 cm³/mol. The van der Waals surface area contributed by atoms with Crippen LogP contribution >= 0.6 is 24.0 Å². The van der Waals surface area contributed by atoms with E-state index in [2.05, 4.69) is 21.7 Å². The maximum Gasteiger partial charge on any atom is 0.241 e. The molecule has 0 aromatic heterocycles. The zero-order valence-corrected chi connectivity index (χ0v) is 18.9. The van der Waals surface area contributed by atoms with Crippen molar-refractivity contribution in [2.45, 2.75) is 32.9 Å². The number of ether oxygens (including phenoxy) is 2. The molecule has 8 heteroatoms. The topological polar surface area (TPSA) is 75.2 Å². The minimum Gasteiger partial charge on any atom is -0.488 e. The highest BCUT2D eigenvalue weighted by molar-refractivity contribution is 14.0. The summed E-state index contributed by atoms with van der Waals surface area (Å²) >= 11 is 0. The smallest absolute Gasteiger partial charge is 0.241 e. The Morgan fingerprint density at radius 1 is 1.37 bits per heavy atom. The van der Waals surface area contributed by atoms with Gasteiger partial charge in [0.1, 0.15) is 11.9 Å². The van der Waals surface area contributed by atoms with Crippen LogP contribution in [0.5, 0.6) is 5.75 Å². The molecule has 27 heavy (non-hydrogen) atoms. The molecule has 1 aromatic rings. The Labute approximate surface area is 178 Å². The van der Waals surface area contributed by atoms with Gasteiger partial charge in [0.05, 0.1) is 26.3 Å². The van der Waals surface area contributed by atoms with Crippen molar-refractivity contribution >= 4 is 35.8 Å². The van der Waals surface area contributed by atoms with Gasteiger partial charge in [0, 0.05) is 32.6 Å². The number of hydrogen-bond acceptors (Lipinski definition) is 4. The number of aliphatic imine (C=N–C) groups is 1. The van der Waals surface area contributed by atoms with Gasteiger partial charge in [-0.3, -0.25) is 4.79 Å². The van der Waals surface area contributed by atoms with E-state index in [0.29, 0.717) is 19.1 Å². The number of carbonyl (C=O) groups excluding carboxylic acids is 1. The molecule has 0 aliphatic carbocycles. The molecule has 1 fully saturated rings. The molecule has 0 spiro atoms. The van der Waals surface area contributed by atoms with Crippen LogP contribution in [-0.4, -0.2) is 63.3 Å². The molecule has 1 amide bonds. The molecule has 1 saturated heterocycles. The Bertz CT molecular complexity index is 631. The molecule has 7 nitrogen and oxygen atoms in total. The van der Waals surface area contributed by atoms with Crippen LogP contribution in [0, 0.1) is 6.92 Å².